The van der Waals surface area contributed by atoms with Crippen molar-refractivity contribution in [2.75, 3.05) is 5.32 Å². The van der Waals surface area contributed by atoms with E-state index in [-0.39, 0.29) is 11.3 Å². The topological polar surface area (TPSA) is 76.9 Å². The van der Waals surface area contributed by atoms with Crippen molar-refractivity contribution in [1.82, 2.24) is 14.8 Å². The molecule has 0 aromatic carbocycles. The first-order valence-corrected chi connectivity index (χ1v) is 9.73. The molecule has 3 aromatic rings. The predicted molar refractivity (Wildman–Crippen MR) is 102 cm³/mol. The van der Waals surface area contributed by atoms with E-state index in [9.17, 15) is 9.59 Å². The highest BCUT2D eigenvalue weighted by molar-refractivity contribution is 7.20. The molecular formula is C15H12Cl2N4O2S2. The van der Waals surface area contributed by atoms with E-state index in [4.69, 9.17) is 23.2 Å². The highest BCUT2D eigenvalue weighted by Crippen LogP contribution is 2.38. The first kappa shape index (κ1) is 18.1. The number of aromatic nitrogens is 3. The summed E-state index contributed by atoms with van der Waals surface area (Å²) in [7, 11) is 0. The summed E-state index contributed by atoms with van der Waals surface area (Å²) in [6.07, 6.45) is 0.748. The number of thiazole rings is 1. The van der Waals surface area contributed by atoms with Gasteiger partial charge in [0, 0.05) is 23.6 Å². The van der Waals surface area contributed by atoms with Crippen molar-refractivity contribution in [3.05, 3.63) is 48.3 Å². The molecule has 0 unspecified atom stereocenters. The molecule has 0 aliphatic rings. The number of carbonyl (C=O) groups is 1. The Hall–Kier alpha value is -1.74. The second kappa shape index (κ2) is 7.65. The molecule has 0 aliphatic heterocycles. The number of thiophene rings is 1. The smallest absolute Gasteiger partial charge is 0.277 e. The summed E-state index contributed by atoms with van der Waals surface area (Å²) in [5, 5.41) is 8.95. The van der Waals surface area contributed by atoms with Gasteiger partial charge in [-0.25, -0.2) is 9.67 Å². The van der Waals surface area contributed by atoms with Gasteiger partial charge in [-0.15, -0.1) is 22.7 Å². The SMILES string of the molecule is CCCn1nc(C(=O)Nc2nc(-c3cc(Cl)sc3Cl)cs2)ccc1=O. The van der Waals surface area contributed by atoms with E-state index in [1.807, 2.05) is 6.92 Å². The third-order valence-electron chi connectivity index (χ3n) is 3.19. The van der Waals surface area contributed by atoms with Gasteiger partial charge in [0.1, 0.15) is 10.0 Å². The molecule has 3 heterocycles. The lowest BCUT2D eigenvalue weighted by Gasteiger charge is -2.05. The largest absolute Gasteiger partial charge is 0.296 e. The van der Waals surface area contributed by atoms with E-state index >= 15 is 0 Å². The minimum Gasteiger partial charge on any atom is -0.296 e. The number of hydrogen-bond acceptors (Lipinski definition) is 6. The van der Waals surface area contributed by atoms with Gasteiger partial charge in [0.25, 0.3) is 11.5 Å². The number of hydrogen-bond donors (Lipinski definition) is 1. The van der Waals surface area contributed by atoms with Gasteiger partial charge in [-0.3, -0.25) is 14.9 Å². The van der Waals surface area contributed by atoms with E-state index in [0.29, 0.717) is 26.0 Å². The van der Waals surface area contributed by atoms with Crippen LogP contribution in [0, 0.1) is 0 Å². The van der Waals surface area contributed by atoms with Crippen LogP contribution < -0.4 is 10.9 Å². The summed E-state index contributed by atoms with van der Waals surface area (Å²) in [6.45, 7) is 2.39. The molecule has 3 aromatic heterocycles. The average Bonchev–Trinajstić information content (AvgIpc) is 3.15. The molecule has 25 heavy (non-hydrogen) atoms. The van der Waals surface area contributed by atoms with E-state index in [1.165, 1.54) is 39.5 Å². The van der Waals surface area contributed by atoms with Crippen molar-refractivity contribution in [2.45, 2.75) is 19.9 Å². The Bertz CT molecular complexity index is 980. The standard InChI is InChI=1S/C15H12Cl2N4O2S2/c1-2-5-21-12(22)4-3-9(20-21)14(23)19-15-18-10(7-24-15)8-6-11(16)25-13(8)17/h3-4,6-7H,2,5H2,1H3,(H,18,19,23). The third-order valence-corrected chi connectivity index (χ3v) is 5.44. The molecule has 0 aliphatic carbocycles. The minimum absolute atomic E-state index is 0.154. The van der Waals surface area contributed by atoms with E-state index < -0.39 is 5.91 Å². The molecule has 6 nitrogen and oxygen atoms in total. The van der Waals surface area contributed by atoms with Crippen LogP contribution in [-0.4, -0.2) is 20.7 Å². The molecule has 0 fully saturated rings. The number of carbonyl (C=O) groups excluding carboxylic acids is 1. The van der Waals surface area contributed by atoms with Crippen LogP contribution >= 0.6 is 45.9 Å². The summed E-state index contributed by atoms with van der Waals surface area (Å²) < 4.78 is 2.39. The molecule has 1 N–H and O–H groups in total. The first-order valence-electron chi connectivity index (χ1n) is 7.28. The highest BCUT2D eigenvalue weighted by atomic mass is 35.5. The Morgan fingerprint density at radius 3 is 2.84 bits per heavy atom. The van der Waals surface area contributed by atoms with Gasteiger partial charge in [-0.1, -0.05) is 30.1 Å². The zero-order valence-corrected chi connectivity index (χ0v) is 16.1. The number of rotatable bonds is 5. The Morgan fingerprint density at radius 1 is 1.36 bits per heavy atom. The highest BCUT2D eigenvalue weighted by Gasteiger charge is 2.15. The quantitative estimate of drug-likeness (QED) is 0.670. The van der Waals surface area contributed by atoms with Crippen molar-refractivity contribution >= 4 is 56.9 Å². The van der Waals surface area contributed by atoms with Crippen molar-refractivity contribution in [3.63, 3.8) is 0 Å². The molecule has 3 rings (SSSR count). The monoisotopic (exact) mass is 414 g/mol. The lowest BCUT2D eigenvalue weighted by Crippen LogP contribution is -2.26. The van der Waals surface area contributed by atoms with Crippen LogP contribution in [-0.2, 0) is 6.54 Å². The summed E-state index contributed by atoms with van der Waals surface area (Å²) >= 11 is 14.6. The molecule has 0 saturated heterocycles. The number of amides is 1. The maximum Gasteiger partial charge on any atom is 0.277 e. The third kappa shape index (κ3) is 4.09. The summed E-state index contributed by atoms with van der Waals surface area (Å²) in [5.41, 5.74) is 1.28. The molecular weight excluding hydrogens is 403 g/mol. The Labute approximate surface area is 161 Å². The maximum absolute atomic E-state index is 12.3. The zero-order valence-electron chi connectivity index (χ0n) is 13.0. The summed E-state index contributed by atoms with van der Waals surface area (Å²) in [4.78, 5) is 28.4. The van der Waals surface area contributed by atoms with Gasteiger partial charge in [-0.2, -0.15) is 5.10 Å². The zero-order chi connectivity index (χ0) is 18.0. The van der Waals surface area contributed by atoms with Crippen LogP contribution in [0.5, 0.6) is 0 Å². The lowest BCUT2D eigenvalue weighted by atomic mass is 10.3. The van der Waals surface area contributed by atoms with Gasteiger partial charge in [-0.05, 0) is 18.6 Å². The number of nitrogens with one attached hydrogen (secondary N) is 1. The maximum atomic E-state index is 12.3. The van der Waals surface area contributed by atoms with Crippen LogP contribution in [0.1, 0.15) is 23.8 Å². The molecule has 10 heteroatoms. The van der Waals surface area contributed by atoms with E-state index in [1.54, 1.807) is 11.4 Å². The van der Waals surface area contributed by atoms with Gasteiger partial charge in [0.2, 0.25) is 0 Å². The van der Waals surface area contributed by atoms with Gasteiger partial charge < -0.3 is 0 Å². The first-order chi connectivity index (χ1) is 12.0. The van der Waals surface area contributed by atoms with Crippen LogP contribution in [0.2, 0.25) is 8.67 Å². The Morgan fingerprint density at radius 2 is 2.16 bits per heavy atom. The summed E-state index contributed by atoms with van der Waals surface area (Å²) in [5.74, 6) is -0.430. The van der Waals surface area contributed by atoms with Crippen LogP contribution in [0.15, 0.2) is 28.4 Å². The summed E-state index contributed by atoms with van der Waals surface area (Å²) in [6, 6.07) is 4.46. The Balaban J connectivity index is 1.79. The van der Waals surface area contributed by atoms with Gasteiger partial charge >= 0.3 is 0 Å². The van der Waals surface area contributed by atoms with Crippen LogP contribution in [0.3, 0.4) is 0 Å². The normalized spacial score (nSPS) is 10.8. The molecule has 1 amide bonds. The van der Waals surface area contributed by atoms with Crippen molar-refractivity contribution in [2.24, 2.45) is 0 Å². The van der Waals surface area contributed by atoms with Gasteiger partial charge in [0.05, 0.1) is 10.0 Å². The van der Waals surface area contributed by atoms with Crippen molar-refractivity contribution in [3.8, 4) is 11.3 Å². The lowest BCUT2D eigenvalue weighted by molar-refractivity contribution is 0.101. The second-order valence-electron chi connectivity index (χ2n) is 5.01. The van der Waals surface area contributed by atoms with Crippen molar-refractivity contribution in [1.29, 1.82) is 0 Å². The molecule has 130 valence electrons. The van der Waals surface area contributed by atoms with Gasteiger partial charge in [0.15, 0.2) is 5.13 Å². The van der Waals surface area contributed by atoms with Crippen molar-refractivity contribution < 1.29 is 4.79 Å². The average molecular weight is 415 g/mol. The fourth-order valence-electron chi connectivity index (χ4n) is 2.07. The minimum atomic E-state index is -0.430. The Kier molecular flexibility index (Phi) is 5.53. The molecule has 0 radical (unpaired) electrons. The molecule has 0 atom stereocenters. The van der Waals surface area contributed by atoms with E-state index in [0.717, 1.165) is 12.0 Å². The molecule has 0 spiro atoms. The number of anilines is 1. The fraction of sp³-hybridized carbons (Fsp3) is 0.200. The number of aryl methyl sites for hydroxylation is 1. The number of halogens is 2. The predicted octanol–water partition coefficient (Wildman–Crippen LogP) is 4.40. The molecule has 0 bridgehead atoms. The van der Waals surface area contributed by atoms with Crippen LogP contribution in [0.4, 0.5) is 5.13 Å². The van der Waals surface area contributed by atoms with E-state index in [2.05, 4.69) is 15.4 Å². The second-order valence-corrected chi connectivity index (χ2v) is 8.15. The van der Waals surface area contributed by atoms with Crippen LogP contribution in [0.25, 0.3) is 11.3 Å². The molecule has 0 saturated carbocycles. The number of nitrogens with zero attached hydrogens (tertiary/aromatic N) is 3. The fourth-order valence-corrected chi connectivity index (χ4v) is 4.26.